The summed E-state index contributed by atoms with van der Waals surface area (Å²) in [7, 11) is 0. The van der Waals surface area contributed by atoms with Crippen LogP contribution in [0.1, 0.15) is 26.3 Å². The number of nitrogens with one attached hydrogen (secondary N) is 1. The molecule has 1 aromatic carbocycles. The van der Waals surface area contributed by atoms with Crippen molar-refractivity contribution in [2.75, 3.05) is 0 Å². The lowest BCUT2D eigenvalue weighted by atomic mass is 10.1. The monoisotopic (exact) mass is 203 g/mol. The molecule has 80 valence electrons. The first-order valence-electron chi connectivity index (χ1n) is 5.03. The summed E-state index contributed by atoms with van der Waals surface area (Å²) in [5.41, 5.74) is 0.847. The molecule has 1 aromatic rings. The number of amides is 1. The van der Waals surface area contributed by atoms with Gasteiger partial charge in [0.25, 0.3) is 0 Å². The summed E-state index contributed by atoms with van der Waals surface area (Å²) < 4.78 is 0. The second kappa shape index (κ2) is 4.78. The molecule has 0 fully saturated rings. The summed E-state index contributed by atoms with van der Waals surface area (Å²) in [6, 6.07) is 9.76. The van der Waals surface area contributed by atoms with Crippen molar-refractivity contribution in [3.63, 3.8) is 0 Å². The standard InChI is InChI=1S/C13H17NO/c1-13(2,3)14-12(15)10-9-11-7-5-4-6-8-11/h4-10H,1-3H3,(H,14,15)/b10-9+. The number of hydrogen-bond acceptors (Lipinski definition) is 1. The lowest BCUT2D eigenvalue weighted by molar-refractivity contribution is -0.117. The van der Waals surface area contributed by atoms with Crippen molar-refractivity contribution in [3.05, 3.63) is 42.0 Å². The molecule has 2 nitrogen and oxygen atoms in total. The SMILES string of the molecule is CC(C)(C)NC(=O)/C=C/c1ccccc1. The Kier molecular flexibility index (Phi) is 3.67. The third-order valence-corrected chi connectivity index (χ3v) is 1.72. The molecule has 0 radical (unpaired) electrons. The van der Waals surface area contributed by atoms with Crippen LogP contribution in [0.3, 0.4) is 0 Å². The van der Waals surface area contributed by atoms with E-state index < -0.39 is 0 Å². The quantitative estimate of drug-likeness (QED) is 0.735. The molecule has 0 bridgehead atoms. The minimum atomic E-state index is -0.182. The second-order valence-electron chi connectivity index (χ2n) is 4.48. The zero-order valence-corrected chi connectivity index (χ0v) is 9.45. The molecule has 0 heterocycles. The summed E-state index contributed by atoms with van der Waals surface area (Å²) in [5, 5.41) is 2.86. The minimum Gasteiger partial charge on any atom is -0.348 e. The number of rotatable bonds is 2. The number of carbonyl (C=O) groups is 1. The van der Waals surface area contributed by atoms with Crippen molar-refractivity contribution in [2.24, 2.45) is 0 Å². The van der Waals surface area contributed by atoms with E-state index in [4.69, 9.17) is 0 Å². The molecule has 0 atom stereocenters. The number of hydrogen-bond donors (Lipinski definition) is 1. The molecule has 15 heavy (non-hydrogen) atoms. The number of carbonyl (C=O) groups excluding carboxylic acids is 1. The Morgan fingerprint density at radius 3 is 2.33 bits per heavy atom. The summed E-state index contributed by atoms with van der Waals surface area (Å²) >= 11 is 0. The van der Waals surface area contributed by atoms with E-state index in [9.17, 15) is 4.79 Å². The van der Waals surface area contributed by atoms with Crippen LogP contribution < -0.4 is 5.32 Å². The molecule has 1 amide bonds. The van der Waals surface area contributed by atoms with E-state index in [1.165, 1.54) is 0 Å². The first kappa shape index (κ1) is 11.5. The summed E-state index contributed by atoms with van der Waals surface area (Å²) in [5.74, 6) is -0.0636. The van der Waals surface area contributed by atoms with E-state index >= 15 is 0 Å². The highest BCUT2D eigenvalue weighted by Crippen LogP contribution is 2.02. The topological polar surface area (TPSA) is 29.1 Å². The lowest BCUT2D eigenvalue weighted by Gasteiger charge is -2.18. The summed E-state index contributed by atoms with van der Waals surface area (Å²) in [4.78, 5) is 11.4. The minimum absolute atomic E-state index is 0.0636. The van der Waals surface area contributed by atoms with Crippen LogP contribution in [-0.2, 0) is 4.79 Å². The Bertz CT molecular complexity index is 347. The predicted octanol–water partition coefficient (Wildman–Crippen LogP) is 2.61. The fourth-order valence-electron chi connectivity index (χ4n) is 1.15. The van der Waals surface area contributed by atoms with Crippen molar-refractivity contribution in [1.29, 1.82) is 0 Å². The molecule has 0 unspecified atom stereocenters. The van der Waals surface area contributed by atoms with Crippen molar-refractivity contribution >= 4 is 12.0 Å². The maximum absolute atomic E-state index is 11.4. The molecule has 0 spiro atoms. The van der Waals surface area contributed by atoms with Gasteiger partial charge in [-0.1, -0.05) is 30.3 Å². The Labute approximate surface area is 91.0 Å². The maximum atomic E-state index is 11.4. The van der Waals surface area contributed by atoms with Crippen LogP contribution in [0.4, 0.5) is 0 Å². The van der Waals surface area contributed by atoms with Crippen molar-refractivity contribution in [2.45, 2.75) is 26.3 Å². The Balaban J connectivity index is 2.56. The van der Waals surface area contributed by atoms with Crippen LogP contribution in [0, 0.1) is 0 Å². The molecule has 0 aliphatic carbocycles. The van der Waals surface area contributed by atoms with Crippen LogP contribution in [0.2, 0.25) is 0 Å². The molecule has 2 heteroatoms. The van der Waals surface area contributed by atoms with Gasteiger partial charge in [-0.05, 0) is 32.4 Å². The van der Waals surface area contributed by atoms with Gasteiger partial charge in [0.15, 0.2) is 0 Å². The zero-order valence-electron chi connectivity index (χ0n) is 9.45. The van der Waals surface area contributed by atoms with E-state index in [0.717, 1.165) is 5.56 Å². The lowest BCUT2D eigenvalue weighted by Crippen LogP contribution is -2.39. The van der Waals surface area contributed by atoms with Crippen LogP contribution >= 0.6 is 0 Å². The van der Waals surface area contributed by atoms with E-state index in [0.29, 0.717) is 0 Å². The molecular weight excluding hydrogens is 186 g/mol. The third kappa shape index (κ3) is 5.01. The molecule has 0 saturated heterocycles. The largest absolute Gasteiger partial charge is 0.348 e. The molecule has 1 rings (SSSR count). The van der Waals surface area contributed by atoms with Crippen molar-refractivity contribution in [1.82, 2.24) is 5.32 Å². The zero-order chi connectivity index (χ0) is 11.3. The normalized spacial score (nSPS) is 11.7. The molecule has 1 N–H and O–H groups in total. The van der Waals surface area contributed by atoms with Gasteiger partial charge >= 0.3 is 0 Å². The van der Waals surface area contributed by atoms with Gasteiger partial charge in [0.05, 0.1) is 0 Å². The van der Waals surface area contributed by atoms with Gasteiger partial charge in [-0.2, -0.15) is 0 Å². The van der Waals surface area contributed by atoms with Gasteiger partial charge in [0.2, 0.25) is 5.91 Å². The molecule has 0 aliphatic heterocycles. The fourth-order valence-corrected chi connectivity index (χ4v) is 1.15. The third-order valence-electron chi connectivity index (χ3n) is 1.72. The summed E-state index contributed by atoms with van der Waals surface area (Å²) in [6.45, 7) is 5.88. The average Bonchev–Trinajstić information content (AvgIpc) is 2.14. The smallest absolute Gasteiger partial charge is 0.244 e. The Morgan fingerprint density at radius 2 is 1.80 bits per heavy atom. The molecule has 0 saturated carbocycles. The highest BCUT2D eigenvalue weighted by molar-refractivity contribution is 5.92. The molecule has 0 aliphatic rings. The maximum Gasteiger partial charge on any atom is 0.244 e. The highest BCUT2D eigenvalue weighted by atomic mass is 16.1. The fraction of sp³-hybridized carbons (Fsp3) is 0.308. The number of benzene rings is 1. The van der Waals surface area contributed by atoms with Gasteiger partial charge in [-0.15, -0.1) is 0 Å². The first-order valence-corrected chi connectivity index (χ1v) is 5.03. The summed E-state index contributed by atoms with van der Waals surface area (Å²) in [6.07, 6.45) is 3.36. The van der Waals surface area contributed by atoms with E-state index in [1.807, 2.05) is 51.1 Å². The van der Waals surface area contributed by atoms with Gasteiger partial charge in [-0.3, -0.25) is 4.79 Å². The van der Waals surface area contributed by atoms with Crippen molar-refractivity contribution in [3.8, 4) is 0 Å². The van der Waals surface area contributed by atoms with E-state index in [2.05, 4.69) is 5.32 Å². The predicted molar refractivity (Wildman–Crippen MR) is 63.4 cm³/mol. The van der Waals surface area contributed by atoms with Gasteiger partial charge in [-0.25, -0.2) is 0 Å². The average molecular weight is 203 g/mol. The van der Waals surface area contributed by atoms with E-state index in [1.54, 1.807) is 12.2 Å². The van der Waals surface area contributed by atoms with Crippen molar-refractivity contribution < 1.29 is 4.79 Å². The second-order valence-corrected chi connectivity index (χ2v) is 4.48. The Hall–Kier alpha value is -1.57. The van der Waals surface area contributed by atoms with Gasteiger partial charge in [0.1, 0.15) is 0 Å². The highest BCUT2D eigenvalue weighted by Gasteiger charge is 2.10. The Morgan fingerprint density at radius 1 is 1.20 bits per heavy atom. The van der Waals surface area contributed by atoms with E-state index in [-0.39, 0.29) is 11.4 Å². The van der Waals surface area contributed by atoms with Gasteiger partial charge in [0, 0.05) is 11.6 Å². The molecule has 0 aromatic heterocycles. The van der Waals surface area contributed by atoms with Crippen LogP contribution in [0.25, 0.3) is 6.08 Å². The molecular formula is C13H17NO. The van der Waals surface area contributed by atoms with Crippen LogP contribution in [-0.4, -0.2) is 11.4 Å². The van der Waals surface area contributed by atoms with Crippen LogP contribution in [0.5, 0.6) is 0 Å². The van der Waals surface area contributed by atoms with Crippen LogP contribution in [0.15, 0.2) is 36.4 Å². The van der Waals surface area contributed by atoms with Gasteiger partial charge < -0.3 is 5.32 Å². The first-order chi connectivity index (χ1) is 6.97.